The quantitative estimate of drug-likeness (QED) is 0.747. The van der Waals surface area contributed by atoms with E-state index in [-0.39, 0.29) is 11.8 Å². The van der Waals surface area contributed by atoms with Crippen molar-refractivity contribution >= 4 is 5.97 Å². The van der Waals surface area contributed by atoms with Crippen LogP contribution in [0.15, 0.2) is 0 Å². The number of carboxylic acid groups (broad SMARTS) is 1. The summed E-state index contributed by atoms with van der Waals surface area (Å²) in [5.41, 5.74) is -2.07. The summed E-state index contributed by atoms with van der Waals surface area (Å²) < 4.78 is 11.9. The van der Waals surface area contributed by atoms with E-state index in [4.69, 9.17) is 19.2 Å². The molecule has 5 aliphatic rings. The zero-order valence-corrected chi connectivity index (χ0v) is 12.6. The lowest BCUT2D eigenvalue weighted by molar-refractivity contribution is -0.541. The van der Waals surface area contributed by atoms with Crippen LogP contribution in [0.25, 0.3) is 0 Å². The predicted octanol–water partition coefficient (Wildman–Crippen LogP) is 2.08. The van der Waals surface area contributed by atoms with E-state index in [1.807, 2.05) is 6.92 Å². The summed E-state index contributed by atoms with van der Waals surface area (Å²) in [6.45, 7) is 5.67. The Kier molecular flexibility index (Phi) is 2.64. The number of hydrogen-bond acceptors (Lipinski definition) is 5. The summed E-state index contributed by atoms with van der Waals surface area (Å²) in [4.78, 5) is 23.3. The largest absolute Gasteiger partial charge is 0.479 e. The van der Waals surface area contributed by atoms with Gasteiger partial charge in [-0.05, 0) is 44.9 Å². The average Bonchev–Trinajstić information content (AvgIpc) is 2.52. The first-order chi connectivity index (χ1) is 9.82. The van der Waals surface area contributed by atoms with Gasteiger partial charge in [0, 0.05) is 12.3 Å². The lowest BCUT2D eigenvalue weighted by Gasteiger charge is -2.50. The fourth-order valence-electron chi connectivity index (χ4n) is 4.91. The first-order valence-corrected chi connectivity index (χ1v) is 7.78. The van der Waals surface area contributed by atoms with Gasteiger partial charge in [-0.15, -0.1) is 0 Å². The highest BCUT2D eigenvalue weighted by Gasteiger charge is 2.75. The number of ether oxygens (including phenoxy) is 2. The maximum absolute atomic E-state index is 11.8. The average molecular weight is 298 g/mol. The summed E-state index contributed by atoms with van der Waals surface area (Å²) in [5.74, 6) is -1.41. The molecule has 0 aromatic heterocycles. The van der Waals surface area contributed by atoms with Gasteiger partial charge in [0.1, 0.15) is 0 Å². The van der Waals surface area contributed by atoms with Gasteiger partial charge in [0.2, 0.25) is 5.79 Å². The Morgan fingerprint density at radius 2 is 1.90 bits per heavy atom. The molecule has 21 heavy (non-hydrogen) atoms. The first-order valence-electron chi connectivity index (χ1n) is 7.78. The molecule has 6 nitrogen and oxygen atoms in total. The van der Waals surface area contributed by atoms with Crippen LogP contribution in [0, 0.1) is 17.8 Å². The molecular formula is C15H22O6. The van der Waals surface area contributed by atoms with Crippen molar-refractivity contribution in [2.24, 2.45) is 17.8 Å². The van der Waals surface area contributed by atoms with Crippen LogP contribution in [0.5, 0.6) is 0 Å². The molecule has 0 aromatic rings. The van der Waals surface area contributed by atoms with Crippen LogP contribution in [0.1, 0.15) is 46.5 Å². The van der Waals surface area contributed by atoms with Crippen LogP contribution in [0.2, 0.25) is 0 Å². The van der Waals surface area contributed by atoms with Crippen LogP contribution in [-0.4, -0.2) is 34.4 Å². The molecule has 1 N–H and O–H groups in total. The third-order valence-corrected chi connectivity index (χ3v) is 6.16. The van der Waals surface area contributed by atoms with E-state index in [0.29, 0.717) is 5.92 Å². The predicted molar refractivity (Wildman–Crippen MR) is 69.9 cm³/mol. The summed E-state index contributed by atoms with van der Waals surface area (Å²) in [6.07, 6.45) is 2.71. The van der Waals surface area contributed by atoms with Gasteiger partial charge in [-0.25, -0.2) is 14.6 Å². The van der Waals surface area contributed by atoms with E-state index in [9.17, 15) is 9.90 Å². The second-order valence-corrected chi connectivity index (χ2v) is 7.39. The number of fused-ring (bicyclic) bond motifs is 2. The molecule has 118 valence electrons. The van der Waals surface area contributed by atoms with E-state index in [2.05, 4.69) is 6.92 Å². The SMILES string of the molecule is C[C@@H]1CCC2[C@]34OO[C@](C)(CC[C@@H]13)O[C@H]4O[C@]2(C)C(=O)O. The third kappa shape index (κ3) is 1.54. The summed E-state index contributed by atoms with van der Waals surface area (Å²) in [7, 11) is 0. The molecule has 4 aliphatic heterocycles. The molecule has 1 spiro atoms. The Morgan fingerprint density at radius 1 is 1.14 bits per heavy atom. The second kappa shape index (κ2) is 3.98. The lowest BCUT2D eigenvalue weighted by atomic mass is 9.60. The second-order valence-electron chi connectivity index (χ2n) is 7.39. The smallest absolute Gasteiger partial charge is 0.336 e. The van der Waals surface area contributed by atoms with Gasteiger partial charge in [0.05, 0.1) is 0 Å². The zero-order chi connectivity index (χ0) is 15.0. The van der Waals surface area contributed by atoms with Crippen molar-refractivity contribution in [2.45, 2.75) is 69.7 Å². The molecule has 2 bridgehead atoms. The molecule has 0 amide bonds. The van der Waals surface area contributed by atoms with Crippen molar-refractivity contribution in [3.63, 3.8) is 0 Å². The van der Waals surface area contributed by atoms with Crippen molar-refractivity contribution < 1.29 is 29.1 Å². The van der Waals surface area contributed by atoms with Crippen LogP contribution < -0.4 is 0 Å². The summed E-state index contributed by atoms with van der Waals surface area (Å²) in [6, 6.07) is 0. The number of carboxylic acids is 1. The van der Waals surface area contributed by atoms with Crippen LogP contribution in [-0.2, 0) is 24.0 Å². The molecule has 5 fully saturated rings. The van der Waals surface area contributed by atoms with Crippen molar-refractivity contribution in [1.29, 1.82) is 0 Å². The van der Waals surface area contributed by atoms with E-state index in [1.54, 1.807) is 6.92 Å². The van der Waals surface area contributed by atoms with Crippen molar-refractivity contribution in [2.75, 3.05) is 0 Å². The molecule has 1 saturated carbocycles. The maximum atomic E-state index is 11.8. The Bertz CT molecular complexity index is 495. The highest BCUT2D eigenvalue weighted by atomic mass is 17.3. The molecule has 4 heterocycles. The minimum atomic E-state index is -1.28. The molecule has 7 atom stereocenters. The van der Waals surface area contributed by atoms with Crippen molar-refractivity contribution in [3.05, 3.63) is 0 Å². The van der Waals surface area contributed by atoms with Crippen molar-refractivity contribution in [3.8, 4) is 0 Å². The van der Waals surface area contributed by atoms with Gasteiger partial charge in [-0.3, -0.25) is 0 Å². The molecule has 0 aromatic carbocycles. The summed E-state index contributed by atoms with van der Waals surface area (Å²) in [5, 5.41) is 9.68. The van der Waals surface area contributed by atoms with Crippen LogP contribution >= 0.6 is 0 Å². The maximum Gasteiger partial charge on any atom is 0.336 e. The molecule has 1 aliphatic carbocycles. The highest BCUT2D eigenvalue weighted by Crippen LogP contribution is 2.63. The number of hydrogen-bond donors (Lipinski definition) is 1. The highest BCUT2D eigenvalue weighted by molar-refractivity contribution is 5.78. The third-order valence-electron chi connectivity index (χ3n) is 6.16. The first kappa shape index (κ1) is 13.9. The zero-order valence-electron chi connectivity index (χ0n) is 12.6. The van der Waals surface area contributed by atoms with Gasteiger partial charge < -0.3 is 14.6 Å². The van der Waals surface area contributed by atoms with E-state index in [0.717, 1.165) is 25.7 Å². The Morgan fingerprint density at radius 3 is 2.62 bits per heavy atom. The van der Waals surface area contributed by atoms with Crippen LogP contribution in [0.4, 0.5) is 0 Å². The topological polar surface area (TPSA) is 74.2 Å². The lowest BCUT2D eigenvalue weighted by Crippen LogP contribution is -2.62. The normalized spacial score (nSPS) is 58.6. The molecule has 5 rings (SSSR count). The van der Waals surface area contributed by atoms with Crippen LogP contribution in [0.3, 0.4) is 0 Å². The van der Waals surface area contributed by atoms with Gasteiger partial charge in [-0.1, -0.05) is 6.92 Å². The minimum Gasteiger partial charge on any atom is -0.479 e. The number of aliphatic carboxylic acids is 1. The minimum absolute atomic E-state index is 0.201. The molecule has 4 saturated heterocycles. The Labute approximate surface area is 123 Å². The Balaban J connectivity index is 1.86. The van der Waals surface area contributed by atoms with Gasteiger partial charge >= 0.3 is 5.97 Å². The van der Waals surface area contributed by atoms with Gasteiger partial charge in [0.25, 0.3) is 0 Å². The van der Waals surface area contributed by atoms with E-state index < -0.39 is 29.2 Å². The van der Waals surface area contributed by atoms with Gasteiger partial charge in [0.15, 0.2) is 17.5 Å². The van der Waals surface area contributed by atoms with E-state index in [1.165, 1.54) is 0 Å². The number of rotatable bonds is 1. The number of carbonyl (C=O) groups is 1. The fourth-order valence-corrected chi connectivity index (χ4v) is 4.91. The molecular weight excluding hydrogens is 276 g/mol. The molecule has 1 unspecified atom stereocenters. The monoisotopic (exact) mass is 298 g/mol. The van der Waals surface area contributed by atoms with Gasteiger partial charge in [-0.2, -0.15) is 0 Å². The standard InChI is InChI=1S/C15H22O6/c1-8-4-5-10-14(3,11(16)17)19-12-15(10)9(8)6-7-13(2,18-12)20-21-15/h8-10,12H,4-7H2,1-3H3,(H,16,17)/t8-,9+,10?,12+,13-,14+,15-/m1/s1. The van der Waals surface area contributed by atoms with Crippen molar-refractivity contribution in [1.82, 2.24) is 0 Å². The van der Waals surface area contributed by atoms with E-state index >= 15 is 0 Å². The fraction of sp³-hybridized carbons (Fsp3) is 0.933. The Hall–Kier alpha value is -0.690. The summed E-state index contributed by atoms with van der Waals surface area (Å²) >= 11 is 0. The molecule has 6 heteroatoms. The molecule has 0 radical (unpaired) electrons.